The lowest BCUT2D eigenvalue weighted by Crippen LogP contribution is -2.38. The molecule has 2 aromatic carbocycles. The zero-order chi connectivity index (χ0) is 16.3. The summed E-state index contributed by atoms with van der Waals surface area (Å²) in [6.07, 6.45) is -0.537. The standard InChI is InChI=1S/C19H23NO2/c1-13-11-14(2)15(3)18(12-13)22-16(4)19(21)20(5)17-9-7-6-8-10-17/h6-12,16H,1-5H3. The molecule has 0 aliphatic rings. The van der Waals surface area contributed by atoms with Crippen LogP contribution < -0.4 is 9.64 Å². The summed E-state index contributed by atoms with van der Waals surface area (Å²) in [6.45, 7) is 7.89. The molecule has 116 valence electrons. The molecule has 0 fully saturated rings. The van der Waals surface area contributed by atoms with Crippen molar-refractivity contribution >= 4 is 11.6 Å². The Bertz CT molecular complexity index is 665. The topological polar surface area (TPSA) is 29.5 Å². The van der Waals surface area contributed by atoms with Crippen molar-refractivity contribution in [1.29, 1.82) is 0 Å². The molecule has 0 radical (unpaired) electrons. The van der Waals surface area contributed by atoms with Gasteiger partial charge in [-0.05, 0) is 62.6 Å². The Morgan fingerprint density at radius 3 is 2.36 bits per heavy atom. The van der Waals surface area contributed by atoms with Crippen LogP contribution in [-0.2, 0) is 4.79 Å². The maximum atomic E-state index is 12.5. The first-order valence-electron chi connectivity index (χ1n) is 7.47. The van der Waals surface area contributed by atoms with E-state index >= 15 is 0 Å². The molecule has 0 spiro atoms. The Kier molecular flexibility index (Phi) is 4.86. The summed E-state index contributed by atoms with van der Waals surface area (Å²) >= 11 is 0. The number of anilines is 1. The summed E-state index contributed by atoms with van der Waals surface area (Å²) in [5.74, 6) is 0.713. The van der Waals surface area contributed by atoms with E-state index < -0.39 is 6.10 Å². The summed E-state index contributed by atoms with van der Waals surface area (Å²) < 4.78 is 5.92. The molecule has 2 aromatic rings. The van der Waals surface area contributed by atoms with Gasteiger partial charge in [0.2, 0.25) is 0 Å². The SMILES string of the molecule is Cc1cc(C)c(C)c(OC(C)C(=O)N(C)c2ccccc2)c1. The van der Waals surface area contributed by atoms with Gasteiger partial charge in [0.05, 0.1) is 0 Å². The Morgan fingerprint density at radius 2 is 1.73 bits per heavy atom. The van der Waals surface area contributed by atoms with E-state index in [-0.39, 0.29) is 5.91 Å². The summed E-state index contributed by atoms with van der Waals surface area (Å²) in [5, 5.41) is 0. The quantitative estimate of drug-likeness (QED) is 0.852. The predicted molar refractivity (Wildman–Crippen MR) is 90.6 cm³/mol. The molecule has 0 heterocycles. The first-order valence-corrected chi connectivity index (χ1v) is 7.47. The Morgan fingerprint density at radius 1 is 1.09 bits per heavy atom. The van der Waals surface area contributed by atoms with E-state index in [1.807, 2.05) is 50.2 Å². The third-order valence-electron chi connectivity index (χ3n) is 3.89. The summed E-state index contributed by atoms with van der Waals surface area (Å²) in [6, 6.07) is 13.7. The van der Waals surface area contributed by atoms with E-state index in [2.05, 4.69) is 13.0 Å². The molecule has 22 heavy (non-hydrogen) atoms. The normalized spacial score (nSPS) is 11.9. The number of nitrogens with zero attached hydrogens (tertiary/aromatic N) is 1. The summed E-state index contributed by atoms with van der Waals surface area (Å²) in [5.41, 5.74) is 4.24. The third-order valence-corrected chi connectivity index (χ3v) is 3.89. The predicted octanol–water partition coefficient (Wildman–Crippen LogP) is 4.04. The molecule has 0 aromatic heterocycles. The number of rotatable bonds is 4. The molecule has 1 atom stereocenters. The zero-order valence-electron chi connectivity index (χ0n) is 13.9. The number of hydrogen-bond donors (Lipinski definition) is 0. The fraction of sp³-hybridized carbons (Fsp3) is 0.316. The molecule has 0 N–H and O–H groups in total. The molecule has 0 saturated heterocycles. The first kappa shape index (κ1) is 16.1. The number of carbonyl (C=O) groups excluding carboxylic acids is 1. The lowest BCUT2D eigenvalue weighted by atomic mass is 10.1. The average Bonchev–Trinajstić information content (AvgIpc) is 2.51. The molecule has 2 rings (SSSR count). The maximum Gasteiger partial charge on any atom is 0.267 e. The van der Waals surface area contributed by atoms with Crippen molar-refractivity contribution in [2.45, 2.75) is 33.8 Å². The molecular weight excluding hydrogens is 274 g/mol. The van der Waals surface area contributed by atoms with Crippen molar-refractivity contribution in [3.8, 4) is 5.75 Å². The molecule has 3 nitrogen and oxygen atoms in total. The fourth-order valence-corrected chi connectivity index (χ4v) is 2.42. The van der Waals surface area contributed by atoms with E-state index in [0.29, 0.717) is 0 Å². The average molecular weight is 297 g/mol. The lowest BCUT2D eigenvalue weighted by molar-refractivity contribution is -0.124. The van der Waals surface area contributed by atoms with Gasteiger partial charge in [0.1, 0.15) is 5.75 Å². The van der Waals surface area contributed by atoms with Crippen molar-refractivity contribution in [1.82, 2.24) is 0 Å². The first-order chi connectivity index (χ1) is 10.4. The fourth-order valence-electron chi connectivity index (χ4n) is 2.42. The molecule has 3 heteroatoms. The van der Waals surface area contributed by atoms with E-state index in [0.717, 1.165) is 22.6 Å². The van der Waals surface area contributed by atoms with Crippen molar-refractivity contribution in [3.63, 3.8) is 0 Å². The van der Waals surface area contributed by atoms with E-state index in [1.54, 1.807) is 18.9 Å². The minimum atomic E-state index is -0.537. The van der Waals surface area contributed by atoms with Crippen LogP contribution in [0, 0.1) is 20.8 Å². The van der Waals surface area contributed by atoms with Crippen LogP contribution in [-0.4, -0.2) is 19.1 Å². The maximum absolute atomic E-state index is 12.5. The molecule has 0 saturated carbocycles. The van der Waals surface area contributed by atoms with Crippen LogP contribution in [0.1, 0.15) is 23.6 Å². The van der Waals surface area contributed by atoms with Gasteiger partial charge in [-0.1, -0.05) is 24.3 Å². The van der Waals surface area contributed by atoms with Gasteiger partial charge in [-0.3, -0.25) is 4.79 Å². The molecular formula is C19H23NO2. The summed E-state index contributed by atoms with van der Waals surface area (Å²) in [7, 11) is 1.77. The van der Waals surface area contributed by atoms with Gasteiger partial charge in [-0.25, -0.2) is 0 Å². The van der Waals surface area contributed by atoms with Gasteiger partial charge in [-0.15, -0.1) is 0 Å². The molecule has 1 unspecified atom stereocenters. The van der Waals surface area contributed by atoms with Crippen molar-refractivity contribution < 1.29 is 9.53 Å². The van der Waals surface area contributed by atoms with Gasteiger partial charge < -0.3 is 9.64 Å². The number of benzene rings is 2. The van der Waals surface area contributed by atoms with Crippen LogP contribution in [0.2, 0.25) is 0 Å². The van der Waals surface area contributed by atoms with Crippen LogP contribution >= 0.6 is 0 Å². The van der Waals surface area contributed by atoms with E-state index in [4.69, 9.17) is 4.74 Å². The Labute approximate surface area is 132 Å². The van der Waals surface area contributed by atoms with Crippen LogP contribution in [0.4, 0.5) is 5.69 Å². The molecule has 0 bridgehead atoms. The Hall–Kier alpha value is -2.29. The van der Waals surface area contributed by atoms with Crippen LogP contribution in [0.5, 0.6) is 5.75 Å². The number of hydrogen-bond acceptors (Lipinski definition) is 2. The molecule has 0 aliphatic carbocycles. The van der Waals surface area contributed by atoms with E-state index in [1.165, 1.54) is 5.56 Å². The van der Waals surface area contributed by atoms with Gasteiger partial charge in [-0.2, -0.15) is 0 Å². The van der Waals surface area contributed by atoms with Crippen LogP contribution in [0.3, 0.4) is 0 Å². The van der Waals surface area contributed by atoms with Gasteiger partial charge in [0.15, 0.2) is 6.10 Å². The number of likely N-dealkylation sites (N-methyl/N-ethyl adjacent to an activating group) is 1. The minimum absolute atomic E-state index is 0.0650. The van der Waals surface area contributed by atoms with E-state index in [9.17, 15) is 4.79 Å². The second-order valence-electron chi connectivity index (χ2n) is 5.70. The number of amides is 1. The van der Waals surface area contributed by atoms with Crippen LogP contribution in [0.25, 0.3) is 0 Å². The number of carbonyl (C=O) groups is 1. The van der Waals surface area contributed by atoms with Crippen molar-refractivity contribution in [3.05, 3.63) is 59.2 Å². The van der Waals surface area contributed by atoms with Gasteiger partial charge in [0.25, 0.3) is 5.91 Å². The molecule has 1 amide bonds. The number of para-hydroxylation sites is 1. The number of aryl methyl sites for hydroxylation is 2. The highest BCUT2D eigenvalue weighted by Gasteiger charge is 2.21. The van der Waals surface area contributed by atoms with Gasteiger partial charge in [0, 0.05) is 12.7 Å². The van der Waals surface area contributed by atoms with Crippen molar-refractivity contribution in [2.24, 2.45) is 0 Å². The number of ether oxygens (including phenoxy) is 1. The van der Waals surface area contributed by atoms with Crippen molar-refractivity contribution in [2.75, 3.05) is 11.9 Å². The van der Waals surface area contributed by atoms with Gasteiger partial charge >= 0.3 is 0 Å². The minimum Gasteiger partial charge on any atom is -0.481 e. The highest BCUT2D eigenvalue weighted by Crippen LogP contribution is 2.25. The lowest BCUT2D eigenvalue weighted by Gasteiger charge is -2.23. The summed E-state index contributed by atoms with van der Waals surface area (Å²) in [4.78, 5) is 14.2. The smallest absolute Gasteiger partial charge is 0.267 e. The largest absolute Gasteiger partial charge is 0.481 e. The second kappa shape index (κ2) is 6.65. The Balaban J connectivity index is 2.15. The van der Waals surface area contributed by atoms with Crippen LogP contribution in [0.15, 0.2) is 42.5 Å². The highest BCUT2D eigenvalue weighted by molar-refractivity contribution is 5.96. The monoisotopic (exact) mass is 297 g/mol. The molecule has 0 aliphatic heterocycles. The zero-order valence-corrected chi connectivity index (χ0v) is 13.9. The second-order valence-corrected chi connectivity index (χ2v) is 5.70. The third kappa shape index (κ3) is 3.48. The highest BCUT2D eigenvalue weighted by atomic mass is 16.5.